The summed E-state index contributed by atoms with van der Waals surface area (Å²) < 4.78 is 1.44. The fraction of sp³-hybridized carbons (Fsp3) is 0.375. The minimum absolute atomic E-state index is 0.287. The van der Waals surface area contributed by atoms with Gasteiger partial charge < -0.3 is 4.90 Å². The Bertz CT molecular complexity index is 387. The van der Waals surface area contributed by atoms with Crippen LogP contribution in [-0.4, -0.2) is 34.8 Å². The van der Waals surface area contributed by atoms with E-state index in [1.165, 1.54) is 15.8 Å². The van der Waals surface area contributed by atoms with Gasteiger partial charge in [-0.3, -0.25) is 10.00 Å². The summed E-state index contributed by atoms with van der Waals surface area (Å²) in [6.45, 7) is 0. The lowest BCUT2D eigenvalue weighted by atomic mass is 10.3. The number of rotatable bonds is 1. The summed E-state index contributed by atoms with van der Waals surface area (Å²) >= 11 is 0. The smallest absolute Gasteiger partial charge is 0.322 e. The van der Waals surface area contributed by atoms with E-state index in [9.17, 15) is 4.79 Å². The van der Waals surface area contributed by atoms with E-state index in [0.717, 1.165) is 0 Å². The zero-order chi connectivity index (χ0) is 10.7. The van der Waals surface area contributed by atoms with E-state index in [1.807, 2.05) is 6.07 Å². The Morgan fingerprint density at radius 2 is 2.36 bits per heavy atom. The highest BCUT2D eigenvalue weighted by Gasteiger charge is 2.11. The Morgan fingerprint density at radius 1 is 1.71 bits per heavy atom. The van der Waals surface area contributed by atoms with Gasteiger partial charge in [-0.2, -0.15) is 10.4 Å². The van der Waals surface area contributed by atoms with E-state index in [2.05, 4.69) is 10.4 Å². The van der Waals surface area contributed by atoms with Crippen LogP contribution in [0, 0.1) is 11.3 Å². The number of aryl methyl sites for hydroxylation is 1. The molecule has 1 heterocycles. The topological polar surface area (TPSA) is 74.0 Å². The molecule has 1 rings (SSSR count). The fourth-order valence-corrected chi connectivity index (χ4v) is 0.881. The first kappa shape index (κ1) is 10.1. The average Bonchev–Trinajstić information content (AvgIpc) is 2.47. The molecule has 0 radical (unpaired) electrons. The normalized spacial score (nSPS) is 9.29. The molecule has 1 aromatic rings. The quantitative estimate of drug-likeness (QED) is 0.700. The van der Waals surface area contributed by atoms with Crippen LogP contribution in [0.15, 0.2) is 6.20 Å². The number of carbonyl (C=O) groups excluding carboxylic acids is 1. The molecule has 0 spiro atoms. The monoisotopic (exact) mass is 193 g/mol. The molecule has 0 bridgehead atoms. The number of urea groups is 1. The number of nitrogens with one attached hydrogen (secondary N) is 1. The van der Waals surface area contributed by atoms with Gasteiger partial charge in [0.25, 0.3) is 0 Å². The highest BCUT2D eigenvalue weighted by Crippen LogP contribution is 2.12. The second-order valence-electron chi connectivity index (χ2n) is 2.97. The van der Waals surface area contributed by atoms with E-state index in [1.54, 1.807) is 21.1 Å². The number of nitriles is 1. The number of anilines is 1. The van der Waals surface area contributed by atoms with Crippen LogP contribution in [0.4, 0.5) is 10.6 Å². The lowest BCUT2D eigenvalue weighted by molar-refractivity contribution is 0.230. The summed E-state index contributed by atoms with van der Waals surface area (Å²) in [6.07, 6.45) is 1.41. The molecule has 6 heteroatoms. The van der Waals surface area contributed by atoms with Crippen LogP contribution >= 0.6 is 0 Å². The summed E-state index contributed by atoms with van der Waals surface area (Å²) in [5.74, 6) is 0.409. The van der Waals surface area contributed by atoms with Gasteiger partial charge in [0.15, 0.2) is 0 Å². The van der Waals surface area contributed by atoms with Gasteiger partial charge in [0, 0.05) is 21.1 Å². The predicted molar refractivity (Wildman–Crippen MR) is 50.6 cm³/mol. The summed E-state index contributed by atoms with van der Waals surface area (Å²) in [7, 11) is 4.90. The maximum atomic E-state index is 11.3. The lowest BCUT2D eigenvalue weighted by Crippen LogP contribution is -2.28. The average molecular weight is 193 g/mol. The van der Waals surface area contributed by atoms with Crippen molar-refractivity contribution in [2.45, 2.75) is 0 Å². The molecule has 1 aromatic heterocycles. The van der Waals surface area contributed by atoms with Crippen molar-refractivity contribution in [1.29, 1.82) is 5.26 Å². The second-order valence-corrected chi connectivity index (χ2v) is 2.97. The molecule has 0 fully saturated rings. The van der Waals surface area contributed by atoms with Crippen molar-refractivity contribution in [2.24, 2.45) is 7.05 Å². The maximum absolute atomic E-state index is 11.3. The van der Waals surface area contributed by atoms with E-state index in [4.69, 9.17) is 5.26 Å². The Morgan fingerprint density at radius 3 is 2.86 bits per heavy atom. The van der Waals surface area contributed by atoms with E-state index in [0.29, 0.717) is 11.4 Å². The zero-order valence-electron chi connectivity index (χ0n) is 8.27. The molecule has 0 saturated carbocycles. The fourth-order valence-electron chi connectivity index (χ4n) is 0.881. The number of aromatic nitrogens is 2. The van der Waals surface area contributed by atoms with Crippen LogP contribution < -0.4 is 5.32 Å². The molecular weight excluding hydrogens is 182 g/mol. The Hall–Kier alpha value is -2.03. The molecule has 2 amide bonds. The predicted octanol–water partition coefficient (Wildman–Crippen LogP) is 0.385. The Labute approximate surface area is 81.7 Å². The third kappa shape index (κ3) is 1.82. The third-order valence-corrected chi connectivity index (χ3v) is 1.69. The molecule has 74 valence electrons. The van der Waals surface area contributed by atoms with E-state index in [-0.39, 0.29) is 6.03 Å². The molecule has 1 N–H and O–H groups in total. The Kier molecular flexibility index (Phi) is 2.72. The van der Waals surface area contributed by atoms with Gasteiger partial charge in [0.2, 0.25) is 0 Å². The number of nitrogens with zero attached hydrogens (tertiary/aromatic N) is 4. The highest BCUT2D eigenvalue weighted by molar-refractivity contribution is 5.89. The molecule has 0 saturated heterocycles. The van der Waals surface area contributed by atoms with Gasteiger partial charge in [0.1, 0.15) is 17.5 Å². The minimum Gasteiger partial charge on any atom is -0.331 e. The first-order valence-electron chi connectivity index (χ1n) is 3.96. The van der Waals surface area contributed by atoms with Gasteiger partial charge in [-0.1, -0.05) is 0 Å². The maximum Gasteiger partial charge on any atom is 0.322 e. The number of carbonyl (C=O) groups is 1. The molecule has 0 aliphatic rings. The first-order valence-corrected chi connectivity index (χ1v) is 3.96. The van der Waals surface area contributed by atoms with Crippen molar-refractivity contribution >= 4 is 11.8 Å². The van der Waals surface area contributed by atoms with Crippen molar-refractivity contribution in [3.8, 4) is 6.07 Å². The molecule has 14 heavy (non-hydrogen) atoms. The summed E-state index contributed by atoms with van der Waals surface area (Å²) in [4.78, 5) is 12.7. The van der Waals surface area contributed by atoms with Gasteiger partial charge in [-0.05, 0) is 0 Å². The molecule has 0 aliphatic carbocycles. The highest BCUT2D eigenvalue weighted by atomic mass is 16.2. The standard InChI is InChI=1S/C8H11N5O/c1-12(2)8(14)11-7-6(4-9)5-10-13(7)3/h5H,1-3H3,(H,11,14). The molecule has 0 aliphatic heterocycles. The van der Waals surface area contributed by atoms with Crippen molar-refractivity contribution < 1.29 is 4.79 Å². The van der Waals surface area contributed by atoms with Gasteiger partial charge in [-0.15, -0.1) is 0 Å². The molecule has 0 unspecified atom stereocenters. The number of hydrogen-bond acceptors (Lipinski definition) is 3. The summed E-state index contributed by atoms with van der Waals surface area (Å²) in [5.41, 5.74) is 0.350. The third-order valence-electron chi connectivity index (χ3n) is 1.69. The van der Waals surface area contributed by atoms with Crippen molar-refractivity contribution in [1.82, 2.24) is 14.7 Å². The van der Waals surface area contributed by atoms with Crippen LogP contribution in [0.2, 0.25) is 0 Å². The minimum atomic E-state index is -0.287. The largest absolute Gasteiger partial charge is 0.331 e. The number of hydrogen-bond donors (Lipinski definition) is 1. The van der Waals surface area contributed by atoms with Crippen molar-refractivity contribution in [3.63, 3.8) is 0 Å². The summed E-state index contributed by atoms with van der Waals surface area (Å²) in [6, 6.07) is 1.66. The van der Waals surface area contributed by atoms with Crippen LogP contribution in [0.3, 0.4) is 0 Å². The van der Waals surface area contributed by atoms with Crippen molar-refractivity contribution in [2.75, 3.05) is 19.4 Å². The van der Waals surface area contributed by atoms with Crippen LogP contribution in [0.5, 0.6) is 0 Å². The zero-order valence-corrected chi connectivity index (χ0v) is 8.27. The van der Waals surface area contributed by atoms with Crippen LogP contribution in [-0.2, 0) is 7.05 Å². The molecule has 6 nitrogen and oxygen atoms in total. The first-order chi connectivity index (χ1) is 6.56. The summed E-state index contributed by atoms with van der Waals surface area (Å²) in [5, 5.41) is 15.1. The second kappa shape index (κ2) is 3.79. The molecule has 0 atom stereocenters. The van der Waals surface area contributed by atoms with E-state index >= 15 is 0 Å². The lowest BCUT2D eigenvalue weighted by Gasteiger charge is -2.11. The van der Waals surface area contributed by atoms with Gasteiger partial charge in [0.05, 0.1) is 6.20 Å². The SMILES string of the molecule is CN(C)C(=O)Nc1c(C#N)cnn1C. The molecule has 0 aromatic carbocycles. The van der Waals surface area contributed by atoms with Crippen molar-refractivity contribution in [3.05, 3.63) is 11.8 Å². The molecular formula is C8H11N5O. The van der Waals surface area contributed by atoms with E-state index < -0.39 is 0 Å². The Balaban J connectivity index is 2.91. The van der Waals surface area contributed by atoms with Crippen LogP contribution in [0.25, 0.3) is 0 Å². The van der Waals surface area contributed by atoms with Gasteiger partial charge >= 0.3 is 6.03 Å². The number of amides is 2. The van der Waals surface area contributed by atoms with Crippen LogP contribution in [0.1, 0.15) is 5.56 Å². The van der Waals surface area contributed by atoms with Gasteiger partial charge in [-0.25, -0.2) is 4.79 Å².